The Kier molecular flexibility index (Phi) is 7.15. The molecule has 1 aliphatic rings. The van der Waals surface area contributed by atoms with Crippen molar-refractivity contribution in [1.82, 2.24) is 5.32 Å². The minimum absolute atomic E-state index is 0.0342. The third kappa shape index (κ3) is 5.56. The van der Waals surface area contributed by atoms with Gasteiger partial charge in [0, 0.05) is 12.6 Å². The van der Waals surface area contributed by atoms with Gasteiger partial charge < -0.3 is 10.1 Å². The summed E-state index contributed by atoms with van der Waals surface area (Å²) in [6, 6.07) is 3.60. The maximum absolute atomic E-state index is 12.1. The Hall–Kier alpha value is -2.41. The number of ether oxygens (including phenoxy) is 1. The van der Waals surface area contributed by atoms with Crippen LogP contribution in [0.15, 0.2) is 29.8 Å². The van der Waals surface area contributed by atoms with Crippen LogP contribution < -0.4 is 5.32 Å². The molecule has 0 bridgehead atoms. The van der Waals surface area contributed by atoms with E-state index in [4.69, 9.17) is 16.3 Å². The van der Waals surface area contributed by atoms with Gasteiger partial charge in [-0.2, -0.15) is 0 Å². The number of nitrogens with zero attached hydrogens (tertiary/aromatic N) is 1. The molecule has 1 amide bonds. The van der Waals surface area contributed by atoms with Gasteiger partial charge in [0.2, 0.25) is 0 Å². The van der Waals surface area contributed by atoms with E-state index in [-0.39, 0.29) is 16.3 Å². The minimum Gasteiger partial charge on any atom is -0.449 e. The van der Waals surface area contributed by atoms with Crippen LogP contribution in [-0.4, -0.2) is 29.4 Å². The Labute approximate surface area is 156 Å². The third-order valence-corrected chi connectivity index (χ3v) is 4.48. The number of allylic oxidation sites excluding steroid dienone is 1. The average Bonchev–Trinajstić information content (AvgIpc) is 2.62. The number of carbonyl (C=O) groups excluding carboxylic acids is 2. The molecule has 26 heavy (non-hydrogen) atoms. The summed E-state index contributed by atoms with van der Waals surface area (Å²) in [5, 5.41) is 13.5. The van der Waals surface area contributed by atoms with Crippen LogP contribution in [0.2, 0.25) is 5.02 Å². The summed E-state index contributed by atoms with van der Waals surface area (Å²) in [5.74, 6) is -1.22. The summed E-state index contributed by atoms with van der Waals surface area (Å²) in [5.41, 5.74) is 0.918. The largest absolute Gasteiger partial charge is 0.449 e. The number of nitrogens with one attached hydrogen (secondary N) is 1. The van der Waals surface area contributed by atoms with Gasteiger partial charge in [-0.15, -0.1) is 0 Å². The van der Waals surface area contributed by atoms with Crippen LogP contribution in [0.3, 0.4) is 0 Å². The highest BCUT2D eigenvalue weighted by Crippen LogP contribution is 2.25. The van der Waals surface area contributed by atoms with Crippen LogP contribution in [0.1, 0.15) is 49.4 Å². The Morgan fingerprint density at radius 1 is 1.38 bits per heavy atom. The normalized spacial score (nSPS) is 14.9. The lowest BCUT2D eigenvalue weighted by atomic mass is 9.97. The number of esters is 1. The molecule has 2 rings (SSSR count). The van der Waals surface area contributed by atoms with Crippen molar-refractivity contribution >= 4 is 29.2 Å². The number of amides is 1. The molecule has 0 heterocycles. The predicted molar refractivity (Wildman–Crippen MR) is 97.2 cm³/mol. The van der Waals surface area contributed by atoms with E-state index in [1.807, 2.05) is 0 Å². The van der Waals surface area contributed by atoms with Crippen molar-refractivity contribution in [3.8, 4) is 0 Å². The Balaban J connectivity index is 1.85. The van der Waals surface area contributed by atoms with Crippen LogP contribution in [0.25, 0.3) is 0 Å². The van der Waals surface area contributed by atoms with Gasteiger partial charge in [0.25, 0.3) is 11.6 Å². The fourth-order valence-corrected chi connectivity index (χ4v) is 2.87. The lowest BCUT2D eigenvalue weighted by molar-refractivity contribution is -0.384. The van der Waals surface area contributed by atoms with Crippen LogP contribution >= 0.6 is 11.6 Å². The molecule has 7 nitrogen and oxygen atoms in total. The third-order valence-electron chi connectivity index (χ3n) is 4.16. The van der Waals surface area contributed by atoms with Crippen molar-refractivity contribution < 1.29 is 19.2 Å². The molecular formula is C18H21ClN2O5. The zero-order chi connectivity index (χ0) is 19.1. The van der Waals surface area contributed by atoms with Gasteiger partial charge in [-0.25, -0.2) is 4.79 Å². The molecule has 0 aliphatic heterocycles. The highest BCUT2D eigenvalue weighted by Gasteiger charge is 2.21. The molecular weight excluding hydrogens is 360 g/mol. The first kappa shape index (κ1) is 19.9. The maximum Gasteiger partial charge on any atom is 0.339 e. The van der Waals surface area contributed by atoms with E-state index in [9.17, 15) is 19.7 Å². The van der Waals surface area contributed by atoms with Crippen molar-refractivity contribution in [3.63, 3.8) is 0 Å². The Morgan fingerprint density at radius 2 is 2.15 bits per heavy atom. The van der Waals surface area contributed by atoms with Crippen LogP contribution in [0.5, 0.6) is 0 Å². The number of benzene rings is 1. The summed E-state index contributed by atoms with van der Waals surface area (Å²) < 4.78 is 5.08. The molecule has 0 saturated carbocycles. The SMILES string of the molecule is C[C@@H](OC(=O)c1ccc(Cl)c([N+](=O)[O-])c1)C(=O)NCCC1=CCCCC1. The number of hydrogen-bond acceptors (Lipinski definition) is 5. The first-order valence-corrected chi connectivity index (χ1v) is 8.87. The molecule has 1 aromatic carbocycles. The highest BCUT2D eigenvalue weighted by molar-refractivity contribution is 6.32. The van der Waals surface area contributed by atoms with E-state index >= 15 is 0 Å². The summed E-state index contributed by atoms with van der Waals surface area (Å²) in [6.07, 6.45) is 6.55. The molecule has 1 N–H and O–H groups in total. The number of nitro groups is 1. The van der Waals surface area contributed by atoms with Crippen LogP contribution in [0, 0.1) is 10.1 Å². The topological polar surface area (TPSA) is 98.5 Å². The van der Waals surface area contributed by atoms with Gasteiger partial charge in [-0.1, -0.05) is 23.3 Å². The summed E-state index contributed by atoms with van der Waals surface area (Å²) in [4.78, 5) is 34.3. The zero-order valence-corrected chi connectivity index (χ0v) is 15.3. The minimum atomic E-state index is -1.00. The Bertz CT molecular complexity index is 732. The van der Waals surface area contributed by atoms with E-state index in [0.29, 0.717) is 6.54 Å². The van der Waals surface area contributed by atoms with Gasteiger partial charge in [0.1, 0.15) is 5.02 Å². The smallest absolute Gasteiger partial charge is 0.339 e. The second kappa shape index (κ2) is 9.33. The predicted octanol–water partition coefficient (Wildman–Crippen LogP) is 3.80. The van der Waals surface area contributed by atoms with Crippen molar-refractivity contribution in [2.45, 2.75) is 45.1 Å². The first-order valence-electron chi connectivity index (χ1n) is 8.49. The molecule has 1 atom stereocenters. The van der Waals surface area contributed by atoms with E-state index in [2.05, 4.69) is 11.4 Å². The van der Waals surface area contributed by atoms with E-state index < -0.39 is 22.9 Å². The van der Waals surface area contributed by atoms with Crippen molar-refractivity contribution in [2.24, 2.45) is 0 Å². The van der Waals surface area contributed by atoms with Crippen LogP contribution in [-0.2, 0) is 9.53 Å². The van der Waals surface area contributed by atoms with Crippen molar-refractivity contribution in [1.29, 1.82) is 0 Å². The van der Waals surface area contributed by atoms with Gasteiger partial charge in [0.15, 0.2) is 6.10 Å². The highest BCUT2D eigenvalue weighted by atomic mass is 35.5. The second-order valence-electron chi connectivity index (χ2n) is 6.12. The molecule has 0 radical (unpaired) electrons. The monoisotopic (exact) mass is 380 g/mol. The number of halogens is 1. The molecule has 0 aromatic heterocycles. The fourth-order valence-electron chi connectivity index (χ4n) is 2.68. The molecule has 140 valence electrons. The number of nitro benzene ring substituents is 1. The van der Waals surface area contributed by atoms with E-state index in [0.717, 1.165) is 25.3 Å². The zero-order valence-electron chi connectivity index (χ0n) is 14.5. The van der Waals surface area contributed by atoms with Gasteiger partial charge in [-0.3, -0.25) is 14.9 Å². The lowest BCUT2D eigenvalue weighted by Gasteiger charge is -2.15. The fraction of sp³-hybridized carbons (Fsp3) is 0.444. The second-order valence-corrected chi connectivity index (χ2v) is 6.53. The summed E-state index contributed by atoms with van der Waals surface area (Å²) in [7, 11) is 0. The number of carbonyl (C=O) groups is 2. The molecule has 0 saturated heterocycles. The molecule has 1 aliphatic carbocycles. The lowest BCUT2D eigenvalue weighted by Crippen LogP contribution is -2.36. The molecule has 0 unspecified atom stereocenters. The molecule has 0 fully saturated rings. The quantitative estimate of drug-likeness (QED) is 0.335. The summed E-state index contributed by atoms with van der Waals surface area (Å²) in [6.45, 7) is 1.94. The van der Waals surface area contributed by atoms with E-state index in [1.54, 1.807) is 0 Å². The molecule has 1 aromatic rings. The van der Waals surface area contributed by atoms with Crippen LogP contribution in [0.4, 0.5) is 5.69 Å². The van der Waals surface area contributed by atoms with Gasteiger partial charge in [0.05, 0.1) is 10.5 Å². The Morgan fingerprint density at radius 3 is 2.81 bits per heavy atom. The standard InChI is InChI=1S/C18H21ClN2O5/c1-12(17(22)20-10-9-13-5-3-2-4-6-13)26-18(23)14-7-8-15(19)16(11-14)21(24)25/h5,7-8,11-12H,2-4,6,9-10H2,1H3,(H,20,22)/t12-/m1/s1. The van der Waals surface area contributed by atoms with Gasteiger partial charge in [-0.05, 0) is 51.2 Å². The maximum atomic E-state index is 12.1. The van der Waals surface area contributed by atoms with Gasteiger partial charge >= 0.3 is 5.97 Å². The van der Waals surface area contributed by atoms with Crippen molar-refractivity contribution in [2.75, 3.05) is 6.54 Å². The van der Waals surface area contributed by atoms with Crippen molar-refractivity contribution in [3.05, 3.63) is 50.5 Å². The number of rotatable bonds is 7. The number of hydrogen-bond donors (Lipinski definition) is 1. The van der Waals surface area contributed by atoms with E-state index in [1.165, 1.54) is 37.5 Å². The molecule has 8 heteroatoms. The average molecular weight is 381 g/mol. The molecule has 0 spiro atoms. The summed E-state index contributed by atoms with van der Waals surface area (Å²) >= 11 is 5.71. The first-order chi connectivity index (χ1) is 12.4.